The van der Waals surface area contributed by atoms with Crippen molar-refractivity contribution in [2.24, 2.45) is 0 Å². The molecule has 0 spiro atoms. The Balaban J connectivity index is 1.79. The van der Waals surface area contributed by atoms with Crippen LogP contribution in [0.3, 0.4) is 0 Å². The molecule has 1 unspecified atom stereocenters. The molecule has 3 heterocycles. The third-order valence-electron chi connectivity index (χ3n) is 4.53. The summed E-state index contributed by atoms with van der Waals surface area (Å²) in [7, 11) is 0. The largest absolute Gasteiger partial charge is 0.472 e. The smallest absolute Gasteiger partial charge is 0.429 e. The van der Waals surface area contributed by atoms with Gasteiger partial charge in [-0.05, 0) is 44.0 Å². The second-order valence-corrected chi connectivity index (χ2v) is 7.52. The molecule has 0 radical (unpaired) electrons. The molecule has 1 atom stereocenters. The van der Waals surface area contributed by atoms with Gasteiger partial charge in [0.25, 0.3) is 0 Å². The lowest BCUT2D eigenvalue weighted by molar-refractivity contribution is -0.197. The van der Waals surface area contributed by atoms with Crippen LogP contribution in [0.25, 0.3) is 11.1 Å². The Kier molecular flexibility index (Phi) is 4.81. The van der Waals surface area contributed by atoms with Crippen molar-refractivity contribution < 1.29 is 30.5 Å². The van der Waals surface area contributed by atoms with Crippen LogP contribution in [0, 0.1) is 5.82 Å². The van der Waals surface area contributed by atoms with Gasteiger partial charge in [0.1, 0.15) is 5.82 Å². The van der Waals surface area contributed by atoms with Crippen LogP contribution in [-0.2, 0) is 0 Å². The molecule has 0 aliphatic carbocycles. The Morgan fingerprint density at radius 2 is 2.00 bits per heavy atom. The molecule has 4 rings (SSSR count). The third-order valence-corrected chi connectivity index (χ3v) is 5.21. The van der Waals surface area contributed by atoms with E-state index in [-0.39, 0.29) is 24.2 Å². The number of nitrogens with zero attached hydrogens (tertiary/aromatic N) is 3. The van der Waals surface area contributed by atoms with E-state index in [1.807, 2.05) is 0 Å². The minimum absolute atomic E-state index is 0.0186. The second kappa shape index (κ2) is 9.36. The van der Waals surface area contributed by atoms with Gasteiger partial charge in [0.2, 0.25) is 6.08 Å². The van der Waals surface area contributed by atoms with Gasteiger partial charge in [-0.2, -0.15) is 18.3 Å². The van der Waals surface area contributed by atoms with Gasteiger partial charge in [-0.15, -0.1) is 0 Å². The van der Waals surface area contributed by atoms with Gasteiger partial charge < -0.3 is 15.8 Å². The molecule has 3 aromatic rings. The van der Waals surface area contributed by atoms with Crippen molar-refractivity contribution >= 4 is 29.0 Å². The number of ether oxygens (including phenoxy) is 1. The number of hydrogen-bond acceptors (Lipinski definition) is 5. The summed E-state index contributed by atoms with van der Waals surface area (Å²) in [6.45, 7) is -0.665. The van der Waals surface area contributed by atoms with Crippen LogP contribution >= 0.6 is 23.2 Å². The number of hydrogen-bond donors (Lipinski definition) is 2. The Morgan fingerprint density at radius 1 is 1.27 bits per heavy atom. The maximum atomic E-state index is 14.2. The van der Waals surface area contributed by atoms with E-state index in [4.69, 9.17) is 41.9 Å². The van der Waals surface area contributed by atoms with Crippen molar-refractivity contribution in [3.63, 3.8) is 0 Å². The number of anilines is 1. The molecule has 2 aromatic heterocycles. The van der Waals surface area contributed by atoms with Crippen LogP contribution in [0.4, 0.5) is 23.4 Å². The van der Waals surface area contributed by atoms with Crippen LogP contribution in [-0.4, -0.2) is 34.0 Å². The Hall–Kier alpha value is -2.56. The minimum atomic E-state index is -5.49. The molecule has 1 aromatic carbocycles. The maximum absolute atomic E-state index is 14.2. The van der Waals surface area contributed by atoms with E-state index in [0.717, 1.165) is 41.5 Å². The summed E-state index contributed by atoms with van der Waals surface area (Å²) < 4.78 is 112. The average molecular weight is 510 g/mol. The highest BCUT2D eigenvalue weighted by molar-refractivity contribution is 6.36. The Morgan fingerprint density at radius 3 is 2.70 bits per heavy atom. The number of piperidine rings is 1. The number of alkyl halides is 3. The molecule has 33 heavy (non-hydrogen) atoms. The molecule has 6 nitrogen and oxygen atoms in total. The molecular weight excluding hydrogens is 485 g/mol. The monoisotopic (exact) mass is 509 g/mol. The first kappa shape index (κ1) is 17.0. The predicted molar refractivity (Wildman–Crippen MR) is 117 cm³/mol. The number of nitrogens with one attached hydrogen (secondary N) is 1. The van der Waals surface area contributed by atoms with Crippen LogP contribution in [0.2, 0.25) is 10.0 Å². The van der Waals surface area contributed by atoms with Crippen LogP contribution in [0.15, 0.2) is 36.8 Å². The first-order chi connectivity index (χ1) is 17.9. The molecule has 1 aliphatic heterocycles. The molecule has 0 bridgehead atoms. The third kappa shape index (κ3) is 5.02. The van der Waals surface area contributed by atoms with Crippen molar-refractivity contribution in [1.29, 1.82) is 0 Å². The van der Waals surface area contributed by atoms with E-state index < -0.39 is 64.0 Å². The standard InChI is InChI=1S/C21H19Cl2F4N5O/c22-14-1-2-15(24)18(23)17(14)19(21(25,26)27)33-16-7-11(8-30-20(16)28)12-9-31-32(10-12)13-3-5-29-6-4-13/h1-2,7-10,13,19,29H,3-6H2,(H2,28,30)/i3D2,4D2,13D,19D. The molecule has 1 fully saturated rings. The molecule has 176 valence electrons. The SMILES string of the molecule is [2H]C1([2H])CNCC([2H])([2H])C1([2H])n1cc(-c2cnc(N)c(OC([2H])(c3c(Cl)ccc(F)c3Cl)C(F)(F)F)c2)cn1. The number of rotatable bonds is 5. The Bertz CT molecular complexity index is 1410. The topological polar surface area (TPSA) is 78.0 Å². The minimum Gasteiger partial charge on any atom is -0.472 e. The van der Waals surface area contributed by atoms with Gasteiger partial charge in [-0.25, -0.2) is 9.37 Å². The summed E-state index contributed by atoms with van der Waals surface area (Å²) in [4.78, 5) is 3.79. The van der Waals surface area contributed by atoms with Crippen LogP contribution < -0.4 is 15.8 Å². The lowest BCUT2D eigenvalue weighted by atomic mass is 10.1. The van der Waals surface area contributed by atoms with E-state index in [2.05, 4.69) is 15.4 Å². The number of nitrogen functional groups attached to an aromatic ring is 1. The maximum Gasteiger partial charge on any atom is 0.429 e. The van der Waals surface area contributed by atoms with Gasteiger partial charge >= 0.3 is 6.18 Å². The van der Waals surface area contributed by atoms with Gasteiger partial charge in [0.05, 0.1) is 20.0 Å². The quantitative estimate of drug-likeness (QED) is 0.346. The molecule has 1 aliphatic rings. The number of nitrogens with two attached hydrogens (primary N) is 1. The highest BCUT2D eigenvalue weighted by atomic mass is 35.5. The summed E-state index contributed by atoms with van der Waals surface area (Å²) in [5.41, 5.74) is 4.64. The fourth-order valence-electron chi connectivity index (χ4n) is 2.96. The predicted octanol–water partition coefficient (Wildman–Crippen LogP) is 5.58. The lowest BCUT2D eigenvalue weighted by Gasteiger charge is -2.24. The molecule has 1 saturated heterocycles. The normalized spacial score (nSPS) is 23.7. The van der Waals surface area contributed by atoms with Gasteiger partial charge in [0, 0.05) is 39.6 Å². The van der Waals surface area contributed by atoms with Crippen molar-refractivity contribution in [3.05, 3.63) is 58.2 Å². The number of aromatic nitrogens is 3. The fourth-order valence-corrected chi connectivity index (χ4v) is 3.51. The number of benzene rings is 1. The summed E-state index contributed by atoms with van der Waals surface area (Å²) in [5, 5.41) is 4.78. The first-order valence-electron chi connectivity index (χ1n) is 12.3. The van der Waals surface area contributed by atoms with Crippen molar-refractivity contribution in [1.82, 2.24) is 20.1 Å². The lowest BCUT2D eigenvalue weighted by Crippen LogP contribution is -2.29. The number of halogens is 6. The highest BCUT2D eigenvalue weighted by Crippen LogP contribution is 2.44. The summed E-state index contributed by atoms with van der Waals surface area (Å²) >= 11 is 11.6. The Labute approximate surface area is 205 Å². The van der Waals surface area contributed by atoms with E-state index >= 15 is 0 Å². The first-order valence-corrected chi connectivity index (χ1v) is 10.0. The van der Waals surface area contributed by atoms with E-state index in [0.29, 0.717) is 0 Å². The zero-order valence-electron chi connectivity index (χ0n) is 22.5. The van der Waals surface area contributed by atoms with Crippen molar-refractivity contribution in [2.75, 3.05) is 18.8 Å². The van der Waals surface area contributed by atoms with Crippen molar-refractivity contribution in [2.45, 2.75) is 31.0 Å². The molecule has 0 amide bonds. The average Bonchev–Trinajstić information content (AvgIpc) is 3.31. The summed E-state index contributed by atoms with van der Waals surface area (Å²) in [6, 6.07) is -0.0210. The zero-order chi connectivity index (χ0) is 29.2. The zero-order valence-corrected chi connectivity index (χ0v) is 18.0. The highest BCUT2D eigenvalue weighted by Gasteiger charge is 2.46. The molecule has 3 N–H and O–H groups in total. The summed E-state index contributed by atoms with van der Waals surface area (Å²) in [6.07, 6.45) is -11.0. The summed E-state index contributed by atoms with van der Waals surface area (Å²) in [5.74, 6) is -2.59. The van der Waals surface area contributed by atoms with E-state index in [1.54, 1.807) is 0 Å². The van der Waals surface area contributed by atoms with E-state index in [9.17, 15) is 17.6 Å². The van der Waals surface area contributed by atoms with Gasteiger partial charge in [-0.1, -0.05) is 23.2 Å². The number of pyridine rings is 1. The van der Waals surface area contributed by atoms with Crippen LogP contribution in [0.1, 0.15) is 38.6 Å². The van der Waals surface area contributed by atoms with Crippen LogP contribution in [0.5, 0.6) is 5.75 Å². The molecule has 0 saturated carbocycles. The fraction of sp³-hybridized carbons (Fsp3) is 0.333. The molecular formula is C21H19Cl2F4N5O. The molecule has 12 heteroatoms. The van der Waals surface area contributed by atoms with E-state index in [1.165, 1.54) is 0 Å². The van der Waals surface area contributed by atoms with Gasteiger partial charge in [-0.3, -0.25) is 4.68 Å². The van der Waals surface area contributed by atoms with Crippen molar-refractivity contribution in [3.8, 4) is 16.9 Å². The second-order valence-electron chi connectivity index (χ2n) is 6.73. The van der Waals surface area contributed by atoms with Gasteiger partial charge in [0.15, 0.2) is 11.6 Å².